The summed E-state index contributed by atoms with van der Waals surface area (Å²) >= 11 is 0. The van der Waals surface area contributed by atoms with Gasteiger partial charge in [-0.15, -0.1) is 0 Å². The Morgan fingerprint density at radius 3 is 2.89 bits per heavy atom. The van der Waals surface area contributed by atoms with Crippen molar-refractivity contribution in [3.63, 3.8) is 0 Å². The first-order chi connectivity index (χ1) is 8.53. The lowest BCUT2D eigenvalue weighted by Crippen LogP contribution is -2.33. The first-order valence-corrected chi connectivity index (χ1v) is 5.58. The highest BCUT2D eigenvalue weighted by atomic mass is 16.6. The maximum absolute atomic E-state index is 11.3. The van der Waals surface area contributed by atoms with E-state index in [2.05, 4.69) is 0 Å². The van der Waals surface area contributed by atoms with Crippen molar-refractivity contribution in [2.45, 2.75) is 12.8 Å². The number of hydrogen-bond acceptors (Lipinski definition) is 4. The molecule has 1 heterocycles. The normalized spacial score (nSPS) is 22.9. The van der Waals surface area contributed by atoms with Gasteiger partial charge in [0, 0.05) is 18.7 Å². The number of hydrogen-bond donors (Lipinski definition) is 1. The Morgan fingerprint density at radius 1 is 1.56 bits per heavy atom. The molecule has 0 aromatic heterocycles. The zero-order valence-electron chi connectivity index (χ0n) is 9.67. The average Bonchev–Trinajstić information content (AvgIpc) is 2.79. The summed E-state index contributed by atoms with van der Waals surface area (Å²) in [7, 11) is 0. The van der Waals surface area contributed by atoms with Crippen molar-refractivity contribution in [2.24, 2.45) is 5.41 Å². The van der Waals surface area contributed by atoms with Gasteiger partial charge in [0.05, 0.1) is 16.9 Å². The Kier molecular flexibility index (Phi) is 3.29. The van der Waals surface area contributed by atoms with Crippen LogP contribution in [0.3, 0.4) is 0 Å². The zero-order valence-corrected chi connectivity index (χ0v) is 9.67. The maximum Gasteiger partial charge on any atom is 0.312 e. The van der Waals surface area contributed by atoms with Crippen LogP contribution >= 0.6 is 0 Å². The topological polar surface area (TPSA) is 89.7 Å². The summed E-state index contributed by atoms with van der Waals surface area (Å²) in [5.41, 5.74) is -0.320. The summed E-state index contributed by atoms with van der Waals surface area (Å²) in [6.07, 6.45) is 0.690. The summed E-state index contributed by atoms with van der Waals surface area (Å²) in [6.45, 7) is 0.576. The fourth-order valence-electron chi connectivity index (χ4n) is 2.16. The minimum Gasteiger partial charge on any atom is -0.481 e. The van der Waals surface area contributed by atoms with Crippen LogP contribution in [0.5, 0.6) is 0 Å². The van der Waals surface area contributed by atoms with E-state index in [1.54, 1.807) is 12.1 Å². The van der Waals surface area contributed by atoms with E-state index in [-0.39, 0.29) is 18.7 Å². The molecule has 1 N–H and O–H groups in total. The van der Waals surface area contributed by atoms with Crippen molar-refractivity contribution in [3.05, 3.63) is 39.9 Å². The van der Waals surface area contributed by atoms with Gasteiger partial charge in [0.2, 0.25) is 0 Å². The van der Waals surface area contributed by atoms with Gasteiger partial charge in [-0.3, -0.25) is 14.9 Å². The molecule has 6 nitrogen and oxygen atoms in total. The Bertz CT molecular complexity index is 479. The minimum atomic E-state index is -0.949. The molecule has 1 aromatic carbocycles. The van der Waals surface area contributed by atoms with Gasteiger partial charge < -0.3 is 9.84 Å². The molecule has 0 radical (unpaired) electrons. The Morgan fingerprint density at radius 2 is 2.33 bits per heavy atom. The lowest BCUT2D eigenvalue weighted by atomic mass is 9.81. The fraction of sp³-hybridized carbons (Fsp3) is 0.417. The summed E-state index contributed by atoms with van der Waals surface area (Å²) in [5.74, 6) is -0.911. The third-order valence-corrected chi connectivity index (χ3v) is 3.22. The van der Waals surface area contributed by atoms with Crippen LogP contribution in [0.2, 0.25) is 0 Å². The molecule has 0 bridgehead atoms. The molecule has 1 aliphatic heterocycles. The van der Waals surface area contributed by atoms with Crippen molar-refractivity contribution < 1.29 is 19.6 Å². The molecule has 6 heteroatoms. The lowest BCUT2D eigenvalue weighted by molar-refractivity contribution is -0.384. The number of nitro benzene ring substituents is 1. The molecule has 1 saturated heterocycles. The highest BCUT2D eigenvalue weighted by Gasteiger charge is 2.42. The highest BCUT2D eigenvalue weighted by molar-refractivity contribution is 5.75. The second-order valence-electron chi connectivity index (χ2n) is 4.49. The van der Waals surface area contributed by atoms with Crippen molar-refractivity contribution in [1.82, 2.24) is 0 Å². The highest BCUT2D eigenvalue weighted by Crippen LogP contribution is 2.33. The molecule has 1 atom stereocenters. The van der Waals surface area contributed by atoms with Crippen LogP contribution < -0.4 is 0 Å². The van der Waals surface area contributed by atoms with Gasteiger partial charge in [0.15, 0.2) is 0 Å². The first-order valence-electron chi connectivity index (χ1n) is 5.58. The number of carboxylic acids is 1. The van der Waals surface area contributed by atoms with Gasteiger partial charge in [-0.25, -0.2) is 0 Å². The number of carbonyl (C=O) groups is 1. The van der Waals surface area contributed by atoms with Crippen LogP contribution in [0, 0.1) is 15.5 Å². The Labute approximate surface area is 103 Å². The van der Waals surface area contributed by atoms with Gasteiger partial charge >= 0.3 is 5.97 Å². The summed E-state index contributed by atoms with van der Waals surface area (Å²) in [4.78, 5) is 21.5. The second-order valence-corrected chi connectivity index (χ2v) is 4.49. The van der Waals surface area contributed by atoms with E-state index in [1.165, 1.54) is 12.1 Å². The molecular weight excluding hydrogens is 238 g/mol. The van der Waals surface area contributed by atoms with Gasteiger partial charge in [0.1, 0.15) is 0 Å². The van der Waals surface area contributed by atoms with E-state index in [0.29, 0.717) is 18.6 Å². The third-order valence-electron chi connectivity index (χ3n) is 3.22. The third kappa shape index (κ3) is 2.33. The van der Waals surface area contributed by atoms with Crippen molar-refractivity contribution >= 4 is 11.7 Å². The summed E-state index contributed by atoms with van der Waals surface area (Å²) in [6, 6.07) is 6.08. The van der Waals surface area contributed by atoms with Crippen LogP contribution in [0.15, 0.2) is 24.3 Å². The predicted molar refractivity (Wildman–Crippen MR) is 62.3 cm³/mol. The monoisotopic (exact) mass is 251 g/mol. The Hall–Kier alpha value is -1.95. The molecule has 0 aliphatic carbocycles. The SMILES string of the molecule is O=C(O)C1(Cc2cccc([N+](=O)[O-])c2)CCOC1. The average molecular weight is 251 g/mol. The summed E-state index contributed by atoms with van der Waals surface area (Å²) in [5, 5.41) is 20.0. The van der Waals surface area contributed by atoms with E-state index in [1.807, 2.05) is 0 Å². The van der Waals surface area contributed by atoms with Gasteiger partial charge in [-0.1, -0.05) is 12.1 Å². The number of benzene rings is 1. The molecule has 0 spiro atoms. The Balaban J connectivity index is 2.24. The summed E-state index contributed by atoms with van der Waals surface area (Å²) < 4.78 is 5.16. The second kappa shape index (κ2) is 4.73. The largest absolute Gasteiger partial charge is 0.481 e. The number of non-ortho nitro benzene ring substituents is 1. The molecule has 1 aromatic rings. The predicted octanol–water partition coefficient (Wildman–Crippen LogP) is 1.63. The number of aliphatic carboxylic acids is 1. The van der Waals surface area contributed by atoms with E-state index in [4.69, 9.17) is 4.74 Å². The molecule has 1 fully saturated rings. The first kappa shape index (κ1) is 12.5. The molecule has 2 rings (SSSR count). The standard InChI is InChI=1S/C12H13NO5/c14-11(15)12(4-5-18-8-12)7-9-2-1-3-10(6-9)13(16)17/h1-3,6H,4-5,7-8H2,(H,14,15). The zero-order chi connectivity index (χ0) is 13.2. The van der Waals surface area contributed by atoms with Crippen molar-refractivity contribution in [2.75, 3.05) is 13.2 Å². The molecule has 1 aliphatic rings. The van der Waals surface area contributed by atoms with Gasteiger partial charge in [-0.05, 0) is 18.4 Å². The molecule has 0 saturated carbocycles. The van der Waals surface area contributed by atoms with E-state index < -0.39 is 16.3 Å². The maximum atomic E-state index is 11.3. The number of carboxylic acid groups (broad SMARTS) is 1. The molecule has 96 valence electrons. The van der Waals surface area contributed by atoms with Crippen LogP contribution in [0.25, 0.3) is 0 Å². The molecule has 1 unspecified atom stereocenters. The number of nitro groups is 1. The number of ether oxygens (including phenoxy) is 1. The quantitative estimate of drug-likeness (QED) is 0.648. The minimum absolute atomic E-state index is 0.0213. The van der Waals surface area contributed by atoms with Crippen LogP contribution in [0.1, 0.15) is 12.0 Å². The number of nitrogens with zero attached hydrogens (tertiary/aromatic N) is 1. The molecule has 18 heavy (non-hydrogen) atoms. The number of rotatable bonds is 4. The van der Waals surface area contributed by atoms with E-state index >= 15 is 0 Å². The van der Waals surface area contributed by atoms with E-state index in [0.717, 1.165) is 0 Å². The van der Waals surface area contributed by atoms with Crippen LogP contribution in [-0.4, -0.2) is 29.2 Å². The smallest absolute Gasteiger partial charge is 0.312 e. The van der Waals surface area contributed by atoms with E-state index in [9.17, 15) is 20.0 Å². The molecular formula is C12H13NO5. The van der Waals surface area contributed by atoms with Crippen molar-refractivity contribution in [3.8, 4) is 0 Å². The molecule has 0 amide bonds. The van der Waals surface area contributed by atoms with Crippen LogP contribution in [-0.2, 0) is 16.0 Å². The van der Waals surface area contributed by atoms with Gasteiger partial charge in [-0.2, -0.15) is 0 Å². The van der Waals surface area contributed by atoms with Crippen molar-refractivity contribution in [1.29, 1.82) is 0 Å². The fourth-order valence-corrected chi connectivity index (χ4v) is 2.16. The lowest BCUT2D eigenvalue weighted by Gasteiger charge is -2.21. The van der Waals surface area contributed by atoms with Gasteiger partial charge in [0.25, 0.3) is 5.69 Å². The van der Waals surface area contributed by atoms with Crippen LogP contribution in [0.4, 0.5) is 5.69 Å².